The number of nitrogens with one attached hydrogen (secondary N) is 1. The van der Waals surface area contributed by atoms with Crippen LogP contribution in [0.5, 0.6) is 0 Å². The molecule has 0 aliphatic heterocycles. The number of amides is 1. The first kappa shape index (κ1) is 15.6. The maximum atomic E-state index is 11.8. The molecule has 1 amide bonds. The SMILES string of the molecule is O=C(COCC(F)(F)F)NCC1CCCC(Cl)C1. The smallest absolute Gasteiger partial charge is 0.362 e. The van der Waals surface area contributed by atoms with Crippen molar-refractivity contribution in [1.82, 2.24) is 5.32 Å². The van der Waals surface area contributed by atoms with Crippen molar-refractivity contribution < 1.29 is 22.7 Å². The van der Waals surface area contributed by atoms with Crippen molar-refractivity contribution in [3.05, 3.63) is 0 Å². The van der Waals surface area contributed by atoms with E-state index in [4.69, 9.17) is 11.6 Å². The van der Waals surface area contributed by atoms with Crippen LogP contribution in [0.15, 0.2) is 0 Å². The zero-order chi connectivity index (χ0) is 13.6. The Morgan fingerprint density at radius 1 is 1.39 bits per heavy atom. The molecule has 1 fully saturated rings. The van der Waals surface area contributed by atoms with Crippen molar-refractivity contribution in [1.29, 1.82) is 0 Å². The highest BCUT2D eigenvalue weighted by molar-refractivity contribution is 6.20. The first-order valence-corrected chi connectivity index (χ1v) is 6.35. The van der Waals surface area contributed by atoms with Gasteiger partial charge >= 0.3 is 6.18 Å². The lowest BCUT2D eigenvalue weighted by Crippen LogP contribution is -2.35. The number of rotatable bonds is 5. The Morgan fingerprint density at radius 2 is 2.11 bits per heavy atom. The van der Waals surface area contributed by atoms with Crippen molar-refractivity contribution in [2.24, 2.45) is 5.92 Å². The molecule has 3 nitrogen and oxygen atoms in total. The molecule has 0 bridgehead atoms. The first-order chi connectivity index (χ1) is 8.37. The molecule has 0 saturated heterocycles. The van der Waals surface area contributed by atoms with Crippen LogP contribution in [0.1, 0.15) is 25.7 Å². The van der Waals surface area contributed by atoms with Crippen molar-refractivity contribution >= 4 is 17.5 Å². The first-order valence-electron chi connectivity index (χ1n) is 5.92. The highest BCUT2D eigenvalue weighted by Gasteiger charge is 2.28. The fourth-order valence-corrected chi connectivity index (χ4v) is 2.39. The molecule has 1 aliphatic carbocycles. The number of alkyl halides is 4. The van der Waals surface area contributed by atoms with E-state index in [0.29, 0.717) is 12.5 Å². The molecule has 0 radical (unpaired) electrons. The Bertz CT molecular complexity index is 274. The normalized spacial score (nSPS) is 24.9. The van der Waals surface area contributed by atoms with Gasteiger partial charge in [-0.15, -0.1) is 11.6 Å². The van der Waals surface area contributed by atoms with Crippen LogP contribution in [0.3, 0.4) is 0 Å². The summed E-state index contributed by atoms with van der Waals surface area (Å²) in [7, 11) is 0. The lowest BCUT2D eigenvalue weighted by atomic mass is 9.89. The maximum Gasteiger partial charge on any atom is 0.411 e. The number of halogens is 4. The zero-order valence-electron chi connectivity index (χ0n) is 9.93. The molecule has 0 aromatic rings. The van der Waals surface area contributed by atoms with Crippen LogP contribution in [0.2, 0.25) is 0 Å². The second kappa shape index (κ2) is 7.19. The maximum absolute atomic E-state index is 11.8. The Labute approximate surface area is 109 Å². The van der Waals surface area contributed by atoms with Crippen LogP contribution in [-0.4, -0.2) is 37.2 Å². The molecule has 0 heterocycles. The van der Waals surface area contributed by atoms with E-state index < -0.39 is 25.3 Å². The van der Waals surface area contributed by atoms with E-state index in [2.05, 4.69) is 10.1 Å². The lowest BCUT2D eigenvalue weighted by Gasteiger charge is -2.25. The molecule has 7 heteroatoms. The van der Waals surface area contributed by atoms with Gasteiger partial charge in [0.15, 0.2) is 0 Å². The quantitative estimate of drug-likeness (QED) is 0.789. The molecule has 1 saturated carbocycles. The highest BCUT2D eigenvalue weighted by atomic mass is 35.5. The van der Waals surface area contributed by atoms with E-state index in [-0.39, 0.29) is 5.38 Å². The van der Waals surface area contributed by atoms with Gasteiger partial charge in [0.2, 0.25) is 5.91 Å². The van der Waals surface area contributed by atoms with Gasteiger partial charge in [0, 0.05) is 11.9 Å². The highest BCUT2D eigenvalue weighted by Crippen LogP contribution is 2.27. The largest absolute Gasteiger partial charge is 0.411 e. The molecule has 0 aromatic carbocycles. The third-order valence-electron chi connectivity index (χ3n) is 2.81. The molecule has 2 atom stereocenters. The topological polar surface area (TPSA) is 38.3 Å². The van der Waals surface area contributed by atoms with Crippen molar-refractivity contribution in [2.45, 2.75) is 37.2 Å². The predicted octanol–water partition coefficient (Wildman–Crippen LogP) is 2.48. The van der Waals surface area contributed by atoms with E-state index >= 15 is 0 Å². The van der Waals surface area contributed by atoms with E-state index in [1.165, 1.54) is 0 Å². The van der Waals surface area contributed by atoms with E-state index in [1.807, 2.05) is 0 Å². The van der Waals surface area contributed by atoms with Gasteiger partial charge in [0.1, 0.15) is 13.2 Å². The lowest BCUT2D eigenvalue weighted by molar-refractivity contribution is -0.175. The fourth-order valence-electron chi connectivity index (χ4n) is 1.98. The molecule has 1 rings (SSSR count). The number of carbonyl (C=O) groups is 1. The number of hydrogen-bond donors (Lipinski definition) is 1. The summed E-state index contributed by atoms with van der Waals surface area (Å²) in [5.41, 5.74) is 0. The van der Waals surface area contributed by atoms with Crippen LogP contribution < -0.4 is 5.32 Å². The van der Waals surface area contributed by atoms with Gasteiger partial charge in [-0.2, -0.15) is 13.2 Å². The summed E-state index contributed by atoms with van der Waals surface area (Å²) in [5, 5.41) is 2.71. The summed E-state index contributed by atoms with van der Waals surface area (Å²) in [4.78, 5) is 11.2. The van der Waals surface area contributed by atoms with Crippen molar-refractivity contribution in [3.63, 3.8) is 0 Å². The molecule has 0 spiro atoms. The van der Waals surface area contributed by atoms with Crippen molar-refractivity contribution in [3.8, 4) is 0 Å². The average molecular weight is 288 g/mol. The molecule has 18 heavy (non-hydrogen) atoms. The minimum Gasteiger partial charge on any atom is -0.362 e. The number of hydrogen-bond acceptors (Lipinski definition) is 2. The van der Waals surface area contributed by atoms with Crippen LogP contribution in [0, 0.1) is 5.92 Å². The van der Waals surface area contributed by atoms with E-state index in [9.17, 15) is 18.0 Å². The Kier molecular flexibility index (Phi) is 6.21. The predicted molar refractivity (Wildman–Crippen MR) is 61.5 cm³/mol. The van der Waals surface area contributed by atoms with Gasteiger partial charge < -0.3 is 10.1 Å². The summed E-state index contributed by atoms with van der Waals surface area (Å²) in [5.74, 6) is -0.205. The molecule has 2 unspecified atom stereocenters. The molecular weight excluding hydrogens is 271 g/mol. The number of ether oxygens (including phenoxy) is 1. The fraction of sp³-hybridized carbons (Fsp3) is 0.909. The van der Waals surface area contributed by atoms with E-state index in [0.717, 1.165) is 25.7 Å². The van der Waals surface area contributed by atoms with Gasteiger partial charge in [-0.3, -0.25) is 4.79 Å². The second-order valence-corrected chi connectivity index (χ2v) is 5.16. The molecule has 1 aliphatic rings. The standard InChI is InChI=1S/C11H17ClF3NO2/c12-9-3-1-2-8(4-9)5-16-10(17)6-18-7-11(13,14)15/h8-9H,1-7H2,(H,16,17). The molecule has 1 N–H and O–H groups in total. The summed E-state index contributed by atoms with van der Waals surface area (Å²) < 4.78 is 39.5. The molecular formula is C11H17ClF3NO2. The summed E-state index contributed by atoms with van der Waals surface area (Å²) >= 11 is 6.00. The van der Waals surface area contributed by atoms with Crippen LogP contribution in [0.25, 0.3) is 0 Å². The Hall–Kier alpha value is -0.490. The second-order valence-electron chi connectivity index (χ2n) is 4.54. The van der Waals surface area contributed by atoms with Crippen molar-refractivity contribution in [2.75, 3.05) is 19.8 Å². The van der Waals surface area contributed by atoms with Crippen LogP contribution >= 0.6 is 11.6 Å². The number of carbonyl (C=O) groups excluding carboxylic acids is 1. The van der Waals surface area contributed by atoms with Crippen LogP contribution in [-0.2, 0) is 9.53 Å². The van der Waals surface area contributed by atoms with Gasteiger partial charge in [0.05, 0.1) is 0 Å². The average Bonchev–Trinajstić information content (AvgIpc) is 2.25. The minimum absolute atomic E-state index is 0.141. The van der Waals surface area contributed by atoms with Gasteiger partial charge in [-0.1, -0.05) is 6.42 Å². The molecule has 106 valence electrons. The monoisotopic (exact) mass is 287 g/mol. The van der Waals surface area contributed by atoms with Gasteiger partial charge in [-0.25, -0.2) is 0 Å². The Morgan fingerprint density at radius 3 is 2.72 bits per heavy atom. The Balaban J connectivity index is 2.09. The van der Waals surface area contributed by atoms with Crippen LogP contribution in [0.4, 0.5) is 13.2 Å². The minimum atomic E-state index is -4.39. The third kappa shape index (κ3) is 7.06. The van der Waals surface area contributed by atoms with Gasteiger partial charge in [0.25, 0.3) is 0 Å². The third-order valence-corrected chi connectivity index (χ3v) is 3.20. The summed E-state index contributed by atoms with van der Waals surface area (Å²) in [6, 6.07) is 0. The summed E-state index contributed by atoms with van der Waals surface area (Å²) in [6.45, 7) is -1.50. The van der Waals surface area contributed by atoms with Gasteiger partial charge in [-0.05, 0) is 25.2 Å². The summed E-state index contributed by atoms with van der Waals surface area (Å²) in [6.07, 6.45) is -0.548. The zero-order valence-corrected chi connectivity index (χ0v) is 10.7. The van der Waals surface area contributed by atoms with E-state index in [1.54, 1.807) is 0 Å². The molecule has 0 aromatic heterocycles.